The predicted octanol–water partition coefficient (Wildman–Crippen LogP) is 5.75. The number of aromatic nitrogens is 2. The predicted molar refractivity (Wildman–Crippen MR) is 134 cm³/mol. The summed E-state index contributed by atoms with van der Waals surface area (Å²) in [6.07, 6.45) is 3.74. The van der Waals surface area contributed by atoms with Gasteiger partial charge in [-0.05, 0) is 60.0 Å². The van der Waals surface area contributed by atoms with Crippen molar-refractivity contribution in [3.63, 3.8) is 0 Å². The molecule has 1 atom stereocenters. The Morgan fingerprint density at radius 2 is 1.74 bits per heavy atom. The van der Waals surface area contributed by atoms with Gasteiger partial charge in [0.25, 0.3) is 0 Å². The van der Waals surface area contributed by atoms with E-state index < -0.39 is 0 Å². The van der Waals surface area contributed by atoms with Crippen LogP contribution in [0.5, 0.6) is 0 Å². The molecule has 1 aromatic heterocycles. The van der Waals surface area contributed by atoms with Crippen molar-refractivity contribution in [2.24, 2.45) is 7.05 Å². The van der Waals surface area contributed by atoms with Gasteiger partial charge in [0, 0.05) is 19.2 Å². The van der Waals surface area contributed by atoms with E-state index in [1.165, 1.54) is 0 Å². The Kier molecular flexibility index (Phi) is 6.87. The summed E-state index contributed by atoms with van der Waals surface area (Å²) in [6, 6.07) is 26.6. The van der Waals surface area contributed by atoms with Crippen molar-refractivity contribution in [2.75, 3.05) is 6.54 Å². The molecule has 34 heavy (non-hydrogen) atoms. The summed E-state index contributed by atoms with van der Waals surface area (Å²) in [5.74, 6) is 0. The molecule has 1 unspecified atom stereocenters. The molecule has 0 fully saturated rings. The minimum Gasteiger partial charge on any atom is -0.336 e. The van der Waals surface area contributed by atoms with Gasteiger partial charge in [-0.15, -0.1) is 0 Å². The highest BCUT2D eigenvalue weighted by molar-refractivity contribution is 5.74. The zero-order chi connectivity index (χ0) is 24.1. The summed E-state index contributed by atoms with van der Waals surface area (Å²) in [4.78, 5) is 6.78. The molecule has 0 radical (unpaired) electrons. The Morgan fingerprint density at radius 3 is 2.35 bits per heavy atom. The van der Waals surface area contributed by atoms with Crippen molar-refractivity contribution in [1.82, 2.24) is 14.5 Å². The maximum Gasteiger partial charge on any atom is 0.0998 e. The van der Waals surface area contributed by atoms with Crippen LogP contribution >= 0.6 is 0 Å². The van der Waals surface area contributed by atoms with E-state index in [4.69, 9.17) is 5.26 Å². The number of nitrogens with zero attached hydrogens (tertiary/aromatic N) is 5. The third-order valence-corrected chi connectivity index (χ3v) is 6.29. The lowest BCUT2D eigenvalue weighted by Gasteiger charge is -2.32. The molecular formula is C29H27N5. The number of nitriles is 2. The van der Waals surface area contributed by atoms with Crippen LogP contribution in [-0.4, -0.2) is 21.0 Å². The molecule has 0 aliphatic carbocycles. The van der Waals surface area contributed by atoms with E-state index in [9.17, 15) is 5.26 Å². The topological polar surface area (TPSA) is 68.6 Å². The molecule has 0 aliphatic rings. The SMILES string of the molecule is CCN(Cc1ccc(C#N)cc1)C(c1ccc(C#N)c(-c2ccccc2C)c1)c1cncn1C. The summed E-state index contributed by atoms with van der Waals surface area (Å²) in [7, 11) is 2.01. The number of hydrogen-bond donors (Lipinski definition) is 0. The van der Waals surface area contributed by atoms with E-state index in [-0.39, 0.29) is 6.04 Å². The lowest BCUT2D eigenvalue weighted by molar-refractivity contribution is 0.222. The Hall–Kier alpha value is -4.19. The third-order valence-electron chi connectivity index (χ3n) is 6.29. The normalized spacial score (nSPS) is 11.7. The van der Waals surface area contributed by atoms with Crippen LogP contribution in [0.4, 0.5) is 0 Å². The van der Waals surface area contributed by atoms with E-state index in [2.05, 4.69) is 64.7 Å². The minimum absolute atomic E-state index is 0.0522. The van der Waals surface area contributed by atoms with Gasteiger partial charge in [-0.1, -0.05) is 49.4 Å². The average Bonchev–Trinajstić information content (AvgIpc) is 3.29. The number of rotatable bonds is 7. The molecule has 1 heterocycles. The second-order valence-corrected chi connectivity index (χ2v) is 8.44. The molecule has 5 heteroatoms. The molecule has 0 aliphatic heterocycles. The van der Waals surface area contributed by atoms with Gasteiger partial charge >= 0.3 is 0 Å². The van der Waals surface area contributed by atoms with Crippen LogP contribution in [0.15, 0.2) is 79.3 Å². The molecule has 0 N–H and O–H groups in total. The van der Waals surface area contributed by atoms with Crippen molar-refractivity contribution in [1.29, 1.82) is 10.5 Å². The van der Waals surface area contributed by atoms with Crippen molar-refractivity contribution < 1.29 is 0 Å². The summed E-state index contributed by atoms with van der Waals surface area (Å²) in [5, 5.41) is 19.0. The van der Waals surface area contributed by atoms with Gasteiger partial charge < -0.3 is 4.57 Å². The molecule has 5 nitrogen and oxygen atoms in total. The van der Waals surface area contributed by atoms with E-state index >= 15 is 0 Å². The lowest BCUT2D eigenvalue weighted by atomic mass is 9.91. The first-order valence-corrected chi connectivity index (χ1v) is 11.3. The molecular weight excluding hydrogens is 418 g/mol. The number of hydrogen-bond acceptors (Lipinski definition) is 4. The monoisotopic (exact) mass is 445 g/mol. The first-order valence-electron chi connectivity index (χ1n) is 11.3. The maximum atomic E-state index is 9.82. The Bertz CT molecular complexity index is 1370. The van der Waals surface area contributed by atoms with Gasteiger partial charge in [-0.3, -0.25) is 4.90 Å². The van der Waals surface area contributed by atoms with E-state index in [1.807, 2.05) is 62.0 Å². The molecule has 4 rings (SSSR count). The van der Waals surface area contributed by atoms with E-state index in [1.54, 1.807) is 0 Å². The molecule has 3 aromatic carbocycles. The van der Waals surface area contributed by atoms with Gasteiger partial charge in [0.15, 0.2) is 0 Å². The molecule has 0 bridgehead atoms. The first-order chi connectivity index (χ1) is 16.5. The summed E-state index contributed by atoms with van der Waals surface area (Å²) in [6.45, 7) is 5.76. The molecule has 168 valence electrons. The fourth-order valence-electron chi connectivity index (χ4n) is 4.43. The summed E-state index contributed by atoms with van der Waals surface area (Å²) < 4.78 is 2.05. The quantitative estimate of drug-likeness (QED) is 0.363. The van der Waals surface area contributed by atoms with Crippen molar-refractivity contribution >= 4 is 0 Å². The second-order valence-electron chi connectivity index (χ2n) is 8.44. The van der Waals surface area contributed by atoms with Gasteiger partial charge in [-0.25, -0.2) is 4.98 Å². The molecule has 0 saturated carbocycles. The van der Waals surface area contributed by atoms with Gasteiger partial charge in [0.1, 0.15) is 0 Å². The van der Waals surface area contributed by atoms with Crippen LogP contribution in [0.3, 0.4) is 0 Å². The van der Waals surface area contributed by atoms with Crippen LogP contribution in [0, 0.1) is 29.6 Å². The lowest BCUT2D eigenvalue weighted by Crippen LogP contribution is -2.30. The fourth-order valence-corrected chi connectivity index (χ4v) is 4.43. The Morgan fingerprint density at radius 1 is 0.971 bits per heavy atom. The maximum absolute atomic E-state index is 9.82. The largest absolute Gasteiger partial charge is 0.336 e. The minimum atomic E-state index is -0.0522. The number of aryl methyl sites for hydroxylation is 2. The highest BCUT2D eigenvalue weighted by atomic mass is 15.2. The molecule has 0 amide bonds. The van der Waals surface area contributed by atoms with Crippen LogP contribution < -0.4 is 0 Å². The van der Waals surface area contributed by atoms with Crippen LogP contribution in [0.1, 0.15) is 46.5 Å². The molecule has 0 saturated heterocycles. The highest BCUT2D eigenvalue weighted by Crippen LogP contribution is 2.35. The number of benzene rings is 3. The Balaban J connectivity index is 1.82. The molecule has 4 aromatic rings. The summed E-state index contributed by atoms with van der Waals surface area (Å²) in [5.41, 5.74) is 7.80. The zero-order valence-corrected chi connectivity index (χ0v) is 19.7. The van der Waals surface area contributed by atoms with E-state index in [0.29, 0.717) is 11.1 Å². The van der Waals surface area contributed by atoms with Crippen LogP contribution in [0.2, 0.25) is 0 Å². The van der Waals surface area contributed by atoms with Crippen molar-refractivity contribution in [3.05, 3.63) is 113 Å². The number of imidazole rings is 1. The summed E-state index contributed by atoms with van der Waals surface area (Å²) >= 11 is 0. The smallest absolute Gasteiger partial charge is 0.0998 e. The van der Waals surface area contributed by atoms with Crippen molar-refractivity contribution in [2.45, 2.75) is 26.4 Å². The zero-order valence-electron chi connectivity index (χ0n) is 19.7. The average molecular weight is 446 g/mol. The Labute approximate surface area is 201 Å². The second kappa shape index (κ2) is 10.2. The standard InChI is InChI=1S/C29H27N5/c1-4-34(19-23-11-9-22(16-30)10-12-23)29(28-18-32-20-33(28)3)24-13-14-25(17-31)27(15-24)26-8-6-5-7-21(26)2/h5-15,18,20,29H,4,19H2,1-3H3. The van der Waals surface area contributed by atoms with Crippen LogP contribution in [-0.2, 0) is 13.6 Å². The van der Waals surface area contributed by atoms with Gasteiger partial charge in [0.2, 0.25) is 0 Å². The first kappa shape index (κ1) is 23.0. The van der Waals surface area contributed by atoms with Gasteiger partial charge in [0.05, 0.1) is 47.5 Å². The highest BCUT2D eigenvalue weighted by Gasteiger charge is 2.25. The fraction of sp³-hybridized carbons (Fsp3) is 0.207. The van der Waals surface area contributed by atoms with Gasteiger partial charge in [-0.2, -0.15) is 10.5 Å². The van der Waals surface area contributed by atoms with Crippen LogP contribution in [0.25, 0.3) is 11.1 Å². The van der Waals surface area contributed by atoms with E-state index in [0.717, 1.165) is 46.6 Å². The van der Waals surface area contributed by atoms with Crippen molar-refractivity contribution in [3.8, 4) is 23.3 Å². The molecule has 0 spiro atoms. The third kappa shape index (κ3) is 4.62.